The minimum Gasteiger partial charge on any atom is -0.302 e. The largest absolute Gasteiger partial charge is 0.302 e. The Morgan fingerprint density at radius 2 is 1.75 bits per heavy atom. The molecular weight excluding hydrogens is 194 g/mol. The molecule has 0 N–H and O–H groups in total. The maximum absolute atomic E-state index is 2.37. The summed E-state index contributed by atoms with van der Waals surface area (Å²) < 4.78 is 0. The lowest BCUT2D eigenvalue weighted by Gasteiger charge is -2.27. The number of rotatable bonds is 4. The first-order chi connectivity index (χ1) is 7.77. The summed E-state index contributed by atoms with van der Waals surface area (Å²) in [5.41, 5.74) is 1.47. The Morgan fingerprint density at radius 3 is 2.31 bits per heavy atom. The summed E-state index contributed by atoms with van der Waals surface area (Å²) in [4.78, 5) is 2.37. The van der Waals surface area contributed by atoms with Gasteiger partial charge in [-0.25, -0.2) is 0 Å². The zero-order valence-corrected chi connectivity index (χ0v) is 10.5. The van der Waals surface area contributed by atoms with Crippen molar-refractivity contribution in [3.8, 4) is 0 Å². The molecule has 88 valence electrons. The minimum atomic E-state index is 0.601. The van der Waals surface area contributed by atoms with Crippen LogP contribution < -0.4 is 0 Å². The molecule has 1 atom stereocenters. The topological polar surface area (TPSA) is 3.24 Å². The summed E-state index contributed by atoms with van der Waals surface area (Å²) in [5.74, 6) is 0.951. The van der Waals surface area contributed by atoms with Gasteiger partial charge < -0.3 is 4.90 Å². The van der Waals surface area contributed by atoms with E-state index < -0.39 is 0 Å². The zero-order valence-electron chi connectivity index (χ0n) is 10.5. The fourth-order valence-electron chi connectivity index (χ4n) is 2.88. The van der Waals surface area contributed by atoms with Crippen molar-refractivity contribution in [2.75, 3.05) is 14.1 Å². The van der Waals surface area contributed by atoms with E-state index in [1.807, 2.05) is 0 Å². The molecule has 1 aromatic rings. The molecule has 0 amide bonds. The molecule has 0 radical (unpaired) electrons. The average molecular weight is 217 g/mol. The lowest BCUT2D eigenvalue weighted by molar-refractivity contribution is 0.248. The van der Waals surface area contributed by atoms with E-state index in [9.17, 15) is 0 Å². The van der Waals surface area contributed by atoms with Gasteiger partial charge in [0.05, 0.1) is 0 Å². The van der Waals surface area contributed by atoms with Gasteiger partial charge in [0, 0.05) is 6.04 Å². The number of hydrogen-bond donors (Lipinski definition) is 0. The van der Waals surface area contributed by atoms with Gasteiger partial charge in [0.2, 0.25) is 0 Å². The Kier molecular flexibility index (Phi) is 4.00. The average Bonchev–Trinajstić information content (AvgIpc) is 2.79. The quantitative estimate of drug-likeness (QED) is 0.740. The van der Waals surface area contributed by atoms with Crippen molar-refractivity contribution in [2.24, 2.45) is 5.92 Å². The van der Waals surface area contributed by atoms with Crippen LogP contribution in [0.25, 0.3) is 0 Å². The highest BCUT2D eigenvalue weighted by atomic mass is 15.1. The summed E-state index contributed by atoms with van der Waals surface area (Å²) in [6.07, 6.45) is 7.10. The van der Waals surface area contributed by atoms with Crippen LogP contribution >= 0.6 is 0 Å². The van der Waals surface area contributed by atoms with E-state index in [1.165, 1.54) is 37.7 Å². The number of hydrogen-bond acceptors (Lipinski definition) is 1. The highest BCUT2D eigenvalue weighted by Crippen LogP contribution is 2.34. The molecule has 2 rings (SSSR count). The van der Waals surface area contributed by atoms with Crippen LogP contribution in [-0.2, 0) is 0 Å². The Bertz CT molecular complexity index is 298. The highest BCUT2D eigenvalue weighted by molar-refractivity contribution is 5.19. The van der Waals surface area contributed by atoms with Crippen LogP contribution in [0.2, 0.25) is 0 Å². The third-order valence-corrected chi connectivity index (χ3v) is 3.84. The van der Waals surface area contributed by atoms with Gasteiger partial charge in [-0.05, 0) is 32.0 Å². The standard InChI is InChI=1S/C15H23N/c1-16(2)15(12-13-8-6-7-9-13)14-10-4-3-5-11-14/h3-5,10-11,13,15H,6-9,12H2,1-2H3. The van der Waals surface area contributed by atoms with Gasteiger partial charge in [-0.1, -0.05) is 56.0 Å². The maximum Gasteiger partial charge on any atom is 0.0344 e. The van der Waals surface area contributed by atoms with Gasteiger partial charge in [0.25, 0.3) is 0 Å². The van der Waals surface area contributed by atoms with Gasteiger partial charge in [-0.15, -0.1) is 0 Å². The van der Waals surface area contributed by atoms with Gasteiger partial charge in [0.1, 0.15) is 0 Å². The van der Waals surface area contributed by atoms with Crippen LogP contribution in [0.5, 0.6) is 0 Å². The van der Waals surface area contributed by atoms with Crippen LogP contribution in [0.3, 0.4) is 0 Å². The van der Waals surface area contributed by atoms with Crippen LogP contribution in [0.15, 0.2) is 30.3 Å². The number of nitrogens with zero attached hydrogens (tertiary/aromatic N) is 1. The molecule has 1 heteroatoms. The molecule has 1 saturated carbocycles. The second-order valence-corrected chi connectivity index (χ2v) is 5.28. The van der Waals surface area contributed by atoms with Crippen molar-refractivity contribution in [2.45, 2.75) is 38.1 Å². The van der Waals surface area contributed by atoms with E-state index >= 15 is 0 Å². The highest BCUT2D eigenvalue weighted by Gasteiger charge is 2.22. The Labute approximate surface area is 99.5 Å². The predicted molar refractivity (Wildman–Crippen MR) is 69.4 cm³/mol. The number of benzene rings is 1. The fourth-order valence-corrected chi connectivity index (χ4v) is 2.88. The van der Waals surface area contributed by atoms with Crippen molar-refractivity contribution in [1.29, 1.82) is 0 Å². The molecule has 0 bridgehead atoms. The molecule has 0 saturated heterocycles. The van der Waals surface area contributed by atoms with Crippen molar-refractivity contribution in [3.05, 3.63) is 35.9 Å². The summed E-state index contributed by atoms with van der Waals surface area (Å²) in [6.45, 7) is 0. The monoisotopic (exact) mass is 217 g/mol. The molecule has 0 heterocycles. The molecule has 0 spiro atoms. The van der Waals surface area contributed by atoms with E-state index in [2.05, 4.69) is 49.3 Å². The van der Waals surface area contributed by atoms with Gasteiger partial charge in [0.15, 0.2) is 0 Å². The fraction of sp³-hybridized carbons (Fsp3) is 0.600. The molecule has 1 nitrogen and oxygen atoms in total. The predicted octanol–water partition coefficient (Wildman–Crippen LogP) is 3.87. The Hall–Kier alpha value is -0.820. The zero-order chi connectivity index (χ0) is 11.4. The molecule has 1 unspecified atom stereocenters. The van der Waals surface area contributed by atoms with Crippen LogP contribution in [-0.4, -0.2) is 19.0 Å². The first-order valence-corrected chi connectivity index (χ1v) is 6.48. The first-order valence-electron chi connectivity index (χ1n) is 6.48. The Balaban J connectivity index is 2.05. The van der Waals surface area contributed by atoms with Crippen molar-refractivity contribution in [3.63, 3.8) is 0 Å². The van der Waals surface area contributed by atoms with Gasteiger partial charge in [-0.3, -0.25) is 0 Å². The molecule has 0 aliphatic heterocycles. The van der Waals surface area contributed by atoms with Crippen molar-refractivity contribution in [1.82, 2.24) is 4.90 Å². The van der Waals surface area contributed by atoms with Gasteiger partial charge >= 0.3 is 0 Å². The molecular formula is C15H23N. The summed E-state index contributed by atoms with van der Waals surface area (Å²) >= 11 is 0. The van der Waals surface area contributed by atoms with Crippen molar-refractivity contribution < 1.29 is 0 Å². The smallest absolute Gasteiger partial charge is 0.0344 e. The first kappa shape index (κ1) is 11.7. The van der Waals surface area contributed by atoms with E-state index in [4.69, 9.17) is 0 Å². The molecule has 0 aromatic heterocycles. The van der Waals surface area contributed by atoms with E-state index in [0.29, 0.717) is 6.04 Å². The van der Waals surface area contributed by atoms with Crippen LogP contribution in [0.1, 0.15) is 43.7 Å². The van der Waals surface area contributed by atoms with Crippen molar-refractivity contribution >= 4 is 0 Å². The SMILES string of the molecule is CN(C)C(CC1CCCC1)c1ccccc1. The molecule has 1 aliphatic carbocycles. The lowest BCUT2D eigenvalue weighted by atomic mass is 9.93. The molecule has 1 aliphatic rings. The van der Waals surface area contributed by atoms with Gasteiger partial charge in [-0.2, -0.15) is 0 Å². The normalized spacial score (nSPS) is 19.2. The second-order valence-electron chi connectivity index (χ2n) is 5.28. The third kappa shape index (κ3) is 2.85. The molecule has 16 heavy (non-hydrogen) atoms. The van der Waals surface area contributed by atoms with Crippen LogP contribution in [0.4, 0.5) is 0 Å². The minimum absolute atomic E-state index is 0.601. The Morgan fingerprint density at radius 1 is 1.12 bits per heavy atom. The summed E-state index contributed by atoms with van der Waals surface area (Å²) in [5, 5.41) is 0. The lowest BCUT2D eigenvalue weighted by Crippen LogP contribution is -2.22. The van der Waals surface area contributed by atoms with Crippen LogP contribution in [0, 0.1) is 5.92 Å². The third-order valence-electron chi connectivity index (χ3n) is 3.84. The molecule has 1 aromatic carbocycles. The summed E-state index contributed by atoms with van der Waals surface area (Å²) in [6, 6.07) is 11.5. The molecule has 1 fully saturated rings. The maximum atomic E-state index is 2.37. The second kappa shape index (κ2) is 5.49. The van der Waals surface area contributed by atoms with E-state index in [0.717, 1.165) is 5.92 Å². The van der Waals surface area contributed by atoms with E-state index in [1.54, 1.807) is 0 Å². The van der Waals surface area contributed by atoms with E-state index in [-0.39, 0.29) is 0 Å². The summed E-state index contributed by atoms with van der Waals surface area (Å²) in [7, 11) is 4.40.